The first-order valence-corrected chi connectivity index (χ1v) is 6.26. The van der Waals surface area contributed by atoms with Crippen molar-refractivity contribution in [3.05, 3.63) is 41.7 Å². The van der Waals surface area contributed by atoms with Crippen LogP contribution in [0.5, 0.6) is 5.75 Å². The molecule has 1 heterocycles. The topological polar surface area (TPSA) is 79.4 Å². The molecule has 0 amide bonds. The predicted octanol–water partition coefficient (Wildman–Crippen LogP) is 1.85. The molecule has 2 aromatic rings. The lowest BCUT2D eigenvalue weighted by Gasteiger charge is -2.07. The molecule has 1 aromatic carbocycles. The Kier molecular flexibility index (Phi) is 4.24. The number of aromatic nitrogens is 2. The quantitative estimate of drug-likeness (QED) is 0.665. The van der Waals surface area contributed by atoms with Gasteiger partial charge in [0.15, 0.2) is 0 Å². The van der Waals surface area contributed by atoms with Gasteiger partial charge in [-0.15, -0.1) is 0 Å². The van der Waals surface area contributed by atoms with Gasteiger partial charge in [0.05, 0.1) is 24.6 Å². The number of methoxy groups -OCH3 is 1. The van der Waals surface area contributed by atoms with Crippen LogP contribution in [0.15, 0.2) is 30.6 Å². The van der Waals surface area contributed by atoms with E-state index in [1.165, 1.54) is 7.11 Å². The van der Waals surface area contributed by atoms with Crippen LogP contribution in [-0.4, -0.2) is 22.9 Å². The van der Waals surface area contributed by atoms with Gasteiger partial charge in [0.1, 0.15) is 12.4 Å². The molecule has 2 N–H and O–H groups in total. The van der Waals surface area contributed by atoms with Crippen LogP contribution in [0.1, 0.15) is 22.8 Å². The van der Waals surface area contributed by atoms with E-state index in [1.54, 1.807) is 29.1 Å². The second kappa shape index (κ2) is 6.10. The smallest absolute Gasteiger partial charge is 0.338 e. The van der Waals surface area contributed by atoms with E-state index in [9.17, 15) is 4.79 Å². The van der Waals surface area contributed by atoms with Crippen LogP contribution in [0.3, 0.4) is 0 Å². The summed E-state index contributed by atoms with van der Waals surface area (Å²) in [6, 6.07) is 4.79. The Labute approximate surface area is 117 Å². The van der Waals surface area contributed by atoms with Gasteiger partial charge in [-0.2, -0.15) is 5.10 Å². The van der Waals surface area contributed by atoms with Crippen LogP contribution in [0.4, 0.5) is 5.69 Å². The summed E-state index contributed by atoms with van der Waals surface area (Å²) in [6.07, 6.45) is 3.52. The molecule has 0 saturated carbocycles. The number of carbonyl (C=O) groups is 1. The second-order valence-corrected chi connectivity index (χ2v) is 4.24. The lowest BCUT2D eigenvalue weighted by atomic mass is 10.2. The Morgan fingerprint density at radius 1 is 1.45 bits per heavy atom. The predicted molar refractivity (Wildman–Crippen MR) is 74.4 cm³/mol. The molecular weight excluding hydrogens is 258 g/mol. The number of nitrogens with two attached hydrogens (primary N) is 1. The molecule has 0 atom stereocenters. The number of aryl methyl sites for hydroxylation is 1. The molecule has 106 valence electrons. The van der Waals surface area contributed by atoms with E-state index in [1.807, 2.05) is 13.1 Å². The van der Waals surface area contributed by atoms with Crippen molar-refractivity contribution in [1.82, 2.24) is 9.78 Å². The summed E-state index contributed by atoms with van der Waals surface area (Å²) in [4.78, 5) is 11.9. The van der Waals surface area contributed by atoms with Gasteiger partial charge in [0, 0.05) is 18.3 Å². The molecule has 0 aliphatic rings. The standard InChI is InChI=1S/C14H17N3O3/c1-3-17-8-10(7-16-17)9-20-14(18)11-4-5-12(15)13(6-11)19-2/h4-8H,3,9,15H2,1-2H3. The number of hydrogen-bond donors (Lipinski definition) is 1. The monoisotopic (exact) mass is 275 g/mol. The van der Waals surface area contributed by atoms with Crippen molar-refractivity contribution < 1.29 is 14.3 Å². The Balaban J connectivity index is 2.01. The first-order chi connectivity index (χ1) is 9.63. The van der Waals surface area contributed by atoms with E-state index in [2.05, 4.69) is 5.10 Å². The average molecular weight is 275 g/mol. The molecule has 0 aliphatic carbocycles. The number of esters is 1. The number of nitrogens with zero attached hydrogens (tertiary/aromatic N) is 2. The van der Waals surface area contributed by atoms with E-state index in [4.69, 9.17) is 15.2 Å². The molecule has 2 rings (SSSR count). The zero-order chi connectivity index (χ0) is 14.5. The first kappa shape index (κ1) is 13.9. The second-order valence-electron chi connectivity index (χ2n) is 4.24. The number of nitrogen functional groups attached to an aromatic ring is 1. The Morgan fingerprint density at radius 2 is 2.25 bits per heavy atom. The number of rotatable bonds is 5. The lowest BCUT2D eigenvalue weighted by molar-refractivity contribution is 0.0472. The number of hydrogen-bond acceptors (Lipinski definition) is 5. The fourth-order valence-electron chi connectivity index (χ4n) is 1.72. The van der Waals surface area contributed by atoms with Gasteiger partial charge in [-0.05, 0) is 25.1 Å². The third-order valence-electron chi connectivity index (χ3n) is 2.85. The maximum absolute atomic E-state index is 11.9. The minimum absolute atomic E-state index is 0.186. The van der Waals surface area contributed by atoms with E-state index in [0.29, 0.717) is 17.0 Å². The van der Waals surface area contributed by atoms with E-state index < -0.39 is 5.97 Å². The highest BCUT2D eigenvalue weighted by atomic mass is 16.5. The molecule has 6 heteroatoms. The van der Waals surface area contributed by atoms with Gasteiger partial charge in [-0.1, -0.05) is 0 Å². The number of benzene rings is 1. The van der Waals surface area contributed by atoms with Crippen LogP contribution >= 0.6 is 0 Å². The van der Waals surface area contributed by atoms with Crippen LogP contribution in [0, 0.1) is 0 Å². The highest BCUT2D eigenvalue weighted by Crippen LogP contribution is 2.22. The van der Waals surface area contributed by atoms with Crippen molar-refractivity contribution in [2.24, 2.45) is 0 Å². The van der Waals surface area contributed by atoms with Crippen molar-refractivity contribution in [2.45, 2.75) is 20.1 Å². The van der Waals surface area contributed by atoms with Crippen molar-refractivity contribution in [3.63, 3.8) is 0 Å². The average Bonchev–Trinajstić information content (AvgIpc) is 2.93. The third-order valence-corrected chi connectivity index (χ3v) is 2.85. The van der Waals surface area contributed by atoms with Crippen LogP contribution < -0.4 is 10.5 Å². The maximum Gasteiger partial charge on any atom is 0.338 e. The lowest BCUT2D eigenvalue weighted by Crippen LogP contribution is -2.06. The van der Waals surface area contributed by atoms with Crippen molar-refractivity contribution >= 4 is 11.7 Å². The Bertz CT molecular complexity index is 607. The van der Waals surface area contributed by atoms with E-state index in [-0.39, 0.29) is 6.61 Å². The highest BCUT2D eigenvalue weighted by molar-refractivity contribution is 5.90. The van der Waals surface area contributed by atoms with Crippen LogP contribution in [0.25, 0.3) is 0 Å². The van der Waals surface area contributed by atoms with Gasteiger partial charge in [-0.3, -0.25) is 4.68 Å². The maximum atomic E-state index is 11.9. The van der Waals surface area contributed by atoms with E-state index >= 15 is 0 Å². The highest BCUT2D eigenvalue weighted by Gasteiger charge is 2.11. The first-order valence-electron chi connectivity index (χ1n) is 6.26. The molecule has 6 nitrogen and oxygen atoms in total. The molecule has 0 radical (unpaired) electrons. The third kappa shape index (κ3) is 3.09. The molecule has 20 heavy (non-hydrogen) atoms. The zero-order valence-corrected chi connectivity index (χ0v) is 11.5. The molecule has 0 fully saturated rings. The minimum atomic E-state index is -0.424. The number of anilines is 1. The van der Waals surface area contributed by atoms with Gasteiger partial charge < -0.3 is 15.2 Å². The number of ether oxygens (including phenoxy) is 2. The van der Waals surface area contributed by atoms with Gasteiger partial charge >= 0.3 is 5.97 Å². The summed E-state index contributed by atoms with van der Waals surface area (Å²) in [5.41, 5.74) is 7.43. The normalized spacial score (nSPS) is 10.3. The van der Waals surface area contributed by atoms with Gasteiger partial charge in [0.2, 0.25) is 0 Å². The Hall–Kier alpha value is -2.50. The molecular formula is C14H17N3O3. The summed E-state index contributed by atoms with van der Waals surface area (Å²) >= 11 is 0. The van der Waals surface area contributed by atoms with E-state index in [0.717, 1.165) is 12.1 Å². The molecule has 1 aromatic heterocycles. The molecule has 0 aliphatic heterocycles. The van der Waals surface area contributed by atoms with Crippen molar-refractivity contribution in [3.8, 4) is 5.75 Å². The van der Waals surface area contributed by atoms with Crippen molar-refractivity contribution in [1.29, 1.82) is 0 Å². The van der Waals surface area contributed by atoms with Crippen LogP contribution in [-0.2, 0) is 17.9 Å². The molecule has 0 spiro atoms. The molecule has 0 unspecified atom stereocenters. The summed E-state index contributed by atoms with van der Waals surface area (Å²) in [5.74, 6) is 0.0331. The van der Waals surface area contributed by atoms with Gasteiger partial charge in [0.25, 0.3) is 0 Å². The molecule has 0 bridgehead atoms. The SMILES string of the molecule is CCn1cc(COC(=O)c2ccc(N)c(OC)c2)cn1. The Morgan fingerprint density at radius 3 is 2.90 bits per heavy atom. The van der Waals surface area contributed by atoms with Crippen molar-refractivity contribution in [2.75, 3.05) is 12.8 Å². The fourth-order valence-corrected chi connectivity index (χ4v) is 1.72. The molecule has 0 saturated heterocycles. The minimum Gasteiger partial charge on any atom is -0.495 e. The summed E-state index contributed by atoms with van der Waals surface area (Å²) in [5, 5.41) is 4.11. The zero-order valence-electron chi connectivity index (χ0n) is 11.5. The van der Waals surface area contributed by atoms with Crippen LogP contribution in [0.2, 0.25) is 0 Å². The fraction of sp³-hybridized carbons (Fsp3) is 0.286. The summed E-state index contributed by atoms with van der Waals surface area (Å²) in [6.45, 7) is 2.96. The largest absolute Gasteiger partial charge is 0.495 e. The number of carbonyl (C=O) groups excluding carboxylic acids is 1. The van der Waals surface area contributed by atoms with Gasteiger partial charge in [-0.25, -0.2) is 4.79 Å². The summed E-state index contributed by atoms with van der Waals surface area (Å²) in [7, 11) is 1.50. The summed E-state index contributed by atoms with van der Waals surface area (Å²) < 4.78 is 12.1.